The van der Waals surface area contributed by atoms with Crippen LogP contribution in [0.3, 0.4) is 0 Å². The molecule has 1 unspecified atom stereocenters. The van der Waals surface area contributed by atoms with Crippen molar-refractivity contribution in [2.45, 2.75) is 38.1 Å². The molecule has 2 rings (SSSR count). The summed E-state index contributed by atoms with van der Waals surface area (Å²) in [5.41, 5.74) is 0.791. The molecule has 0 bridgehead atoms. The minimum absolute atomic E-state index is 0.166. The molecule has 0 fully saturated rings. The van der Waals surface area contributed by atoms with Gasteiger partial charge in [-0.3, -0.25) is 38.5 Å². The van der Waals surface area contributed by atoms with Crippen molar-refractivity contribution in [1.82, 2.24) is 31.5 Å². The summed E-state index contributed by atoms with van der Waals surface area (Å²) in [6.45, 7) is -0.699. The first-order chi connectivity index (χ1) is 19.2. The van der Waals surface area contributed by atoms with Crippen LogP contribution in [0.2, 0.25) is 0 Å². The second-order valence-electron chi connectivity index (χ2n) is 8.86. The first-order valence-corrected chi connectivity index (χ1v) is 13.7. The average Bonchev–Trinajstić information content (AvgIpc) is 3.26. The van der Waals surface area contributed by atoms with E-state index in [-0.39, 0.29) is 56.1 Å². The Balaban J connectivity index is 1.68. The second-order valence-corrected chi connectivity index (χ2v) is 9.27. The standard InChI is InChI=1S/C26H35N6O7P/c33-20(9-5-2-6-12-32-24(37)10-11-25(32)38)27-14-21(34)28-16-23(36)31-19(13-18-7-3-1-4-8-18)26(39)29-15-22(35)30-17-40/h1,3-4,7-8,10-11,19H,2,5-6,9,12-17,40H2,(H,27,33)(H,28,34)(H,29,39)(H,30,35)(H,31,36)/t19-/m0/s1. The molecule has 7 amide bonds. The molecule has 1 aromatic carbocycles. The highest BCUT2D eigenvalue weighted by molar-refractivity contribution is 7.16. The summed E-state index contributed by atoms with van der Waals surface area (Å²) < 4.78 is 0. The molecule has 0 radical (unpaired) electrons. The van der Waals surface area contributed by atoms with Gasteiger partial charge in [0.15, 0.2) is 0 Å². The van der Waals surface area contributed by atoms with Gasteiger partial charge in [0, 0.05) is 37.8 Å². The molecule has 1 aliphatic heterocycles. The number of hydrogen-bond donors (Lipinski definition) is 5. The predicted molar refractivity (Wildman–Crippen MR) is 148 cm³/mol. The van der Waals surface area contributed by atoms with Crippen LogP contribution in [0.15, 0.2) is 42.5 Å². The van der Waals surface area contributed by atoms with Crippen molar-refractivity contribution >= 4 is 50.6 Å². The second kappa shape index (κ2) is 17.5. The third kappa shape index (κ3) is 12.2. The topological polar surface area (TPSA) is 183 Å². The van der Waals surface area contributed by atoms with Gasteiger partial charge < -0.3 is 26.6 Å². The smallest absolute Gasteiger partial charge is 0.253 e. The van der Waals surface area contributed by atoms with E-state index in [1.807, 2.05) is 6.07 Å². The number of carbonyl (C=O) groups is 7. The fourth-order valence-corrected chi connectivity index (χ4v) is 3.89. The maximum absolute atomic E-state index is 12.6. The van der Waals surface area contributed by atoms with Crippen LogP contribution < -0.4 is 26.6 Å². The van der Waals surface area contributed by atoms with Crippen LogP contribution in [0, 0.1) is 0 Å². The molecule has 1 aliphatic rings. The molecule has 1 heterocycles. The zero-order chi connectivity index (χ0) is 29.3. The number of nitrogens with one attached hydrogen (secondary N) is 5. The van der Waals surface area contributed by atoms with Gasteiger partial charge in [0.2, 0.25) is 29.5 Å². The Hall–Kier alpha value is -4.12. The SMILES string of the molecule is O=C(CCCCCN1C(=O)C=CC1=O)NCC(=O)NCC(=O)N[C@@H](Cc1ccccc1)C(=O)NCC(=O)NCP. The first kappa shape index (κ1) is 32.1. The van der Waals surface area contributed by atoms with E-state index in [0.29, 0.717) is 25.5 Å². The van der Waals surface area contributed by atoms with E-state index < -0.39 is 30.3 Å². The van der Waals surface area contributed by atoms with Crippen LogP contribution in [-0.4, -0.2) is 84.8 Å². The molecule has 1 aromatic rings. The van der Waals surface area contributed by atoms with Crippen molar-refractivity contribution in [3.05, 3.63) is 48.0 Å². The Morgan fingerprint density at radius 3 is 2.00 bits per heavy atom. The van der Waals surface area contributed by atoms with Gasteiger partial charge in [0.25, 0.3) is 11.8 Å². The summed E-state index contributed by atoms with van der Waals surface area (Å²) in [6.07, 6.45) is 4.83. The lowest BCUT2D eigenvalue weighted by Crippen LogP contribution is -2.52. The van der Waals surface area contributed by atoms with E-state index in [1.165, 1.54) is 12.2 Å². The van der Waals surface area contributed by atoms with Crippen LogP contribution in [0.5, 0.6) is 0 Å². The Kier molecular flexibility index (Phi) is 14.0. The molecule has 40 heavy (non-hydrogen) atoms. The summed E-state index contributed by atoms with van der Waals surface area (Å²) in [5, 5.41) is 12.4. The number of rotatable bonds is 17. The van der Waals surface area contributed by atoms with Crippen molar-refractivity contribution in [1.29, 1.82) is 0 Å². The summed E-state index contributed by atoms with van der Waals surface area (Å²) in [6, 6.07) is 8.02. The van der Waals surface area contributed by atoms with Gasteiger partial charge >= 0.3 is 0 Å². The molecule has 13 nitrogen and oxygen atoms in total. The van der Waals surface area contributed by atoms with Crippen LogP contribution >= 0.6 is 9.24 Å². The zero-order valence-corrected chi connectivity index (χ0v) is 23.2. The van der Waals surface area contributed by atoms with Crippen molar-refractivity contribution < 1.29 is 33.6 Å². The van der Waals surface area contributed by atoms with Gasteiger partial charge in [-0.25, -0.2) is 0 Å². The number of carbonyl (C=O) groups excluding carboxylic acids is 7. The molecule has 14 heteroatoms. The quantitative estimate of drug-likeness (QED) is 0.0852. The van der Waals surface area contributed by atoms with Gasteiger partial charge in [-0.15, -0.1) is 9.24 Å². The van der Waals surface area contributed by atoms with Crippen LogP contribution in [0.1, 0.15) is 31.2 Å². The maximum atomic E-state index is 12.6. The number of nitrogens with zero attached hydrogens (tertiary/aromatic N) is 1. The van der Waals surface area contributed by atoms with Gasteiger partial charge in [-0.2, -0.15) is 0 Å². The van der Waals surface area contributed by atoms with Gasteiger partial charge in [-0.05, 0) is 18.4 Å². The Morgan fingerprint density at radius 1 is 0.725 bits per heavy atom. The largest absolute Gasteiger partial charge is 0.351 e. The third-order valence-corrected chi connectivity index (χ3v) is 5.94. The molecular weight excluding hydrogens is 539 g/mol. The number of amides is 7. The predicted octanol–water partition coefficient (Wildman–Crippen LogP) is -1.50. The van der Waals surface area contributed by atoms with E-state index in [0.717, 1.165) is 10.5 Å². The number of hydrogen-bond acceptors (Lipinski definition) is 7. The van der Waals surface area contributed by atoms with Gasteiger partial charge in [0.1, 0.15) is 6.04 Å². The lowest BCUT2D eigenvalue weighted by Gasteiger charge is -2.19. The number of imide groups is 1. The molecular formula is C26H35N6O7P. The molecule has 0 saturated heterocycles. The zero-order valence-electron chi connectivity index (χ0n) is 22.1. The van der Waals surface area contributed by atoms with Crippen molar-refractivity contribution in [3.8, 4) is 0 Å². The van der Waals surface area contributed by atoms with E-state index in [9.17, 15) is 33.6 Å². The maximum Gasteiger partial charge on any atom is 0.253 e. The lowest BCUT2D eigenvalue weighted by atomic mass is 10.1. The monoisotopic (exact) mass is 574 g/mol. The lowest BCUT2D eigenvalue weighted by molar-refractivity contribution is -0.137. The molecule has 0 spiro atoms. The molecule has 0 aromatic heterocycles. The van der Waals surface area contributed by atoms with Crippen LogP contribution in [0.25, 0.3) is 0 Å². The fraction of sp³-hybridized carbons (Fsp3) is 0.423. The van der Waals surface area contributed by atoms with E-state index in [4.69, 9.17) is 0 Å². The Morgan fingerprint density at radius 2 is 1.32 bits per heavy atom. The highest BCUT2D eigenvalue weighted by Crippen LogP contribution is 2.07. The Labute approximate surface area is 234 Å². The third-order valence-electron chi connectivity index (χ3n) is 5.74. The molecule has 0 aliphatic carbocycles. The van der Waals surface area contributed by atoms with Crippen LogP contribution in [0.4, 0.5) is 0 Å². The molecule has 2 atom stereocenters. The highest BCUT2D eigenvalue weighted by Gasteiger charge is 2.23. The molecule has 5 N–H and O–H groups in total. The highest BCUT2D eigenvalue weighted by atomic mass is 31.0. The number of unbranched alkanes of at least 4 members (excludes halogenated alkanes) is 2. The van der Waals surface area contributed by atoms with Gasteiger partial charge in [0.05, 0.1) is 19.6 Å². The van der Waals surface area contributed by atoms with E-state index >= 15 is 0 Å². The minimum atomic E-state index is -0.978. The fourth-order valence-electron chi connectivity index (χ4n) is 3.66. The minimum Gasteiger partial charge on any atom is -0.351 e. The van der Waals surface area contributed by atoms with Crippen molar-refractivity contribution in [2.24, 2.45) is 0 Å². The van der Waals surface area contributed by atoms with E-state index in [2.05, 4.69) is 35.8 Å². The summed E-state index contributed by atoms with van der Waals surface area (Å²) in [7, 11) is 2.33. The average molecular weight is 575 g/mol. The van der Waals surface area contributed by atoms with Gasteiger partial charge in [-0.1, -0.05) is 36.8 Å². The first-order valence-electron chi connectivity index (χ1n) is 12.8. The molecule has 216 valence electrons. The van der Waals surface area contributed by atoms with Crippen molar-refractivity contribution in [2.75, 3.05) is 32.5 Å². The van der Waals surface area contributed by atoms with Crippen LogP contribution in [-0.2, 0) is 40.0 Å². The Bertz CT molecular complexity index is 1090. The van der Waals surface area contributed by atoms with Crippen molar-refractivity contribution in [3.63, 3.8) is 0 Å². The molecule has 0 saturated carbocycles. The van der Waals surface area contributed by atoms with E-state index in [1.54, 1.807) is 24.3 Å². The summed E-state index contributed by atoms with van der Waals surface area (Å²) >= 11 is 0. The number of benzene rings is 1. The summed E-state index contributed by atoms with van der Waals surface area (Å²) in [5.74, 6) is -3.16. The normalized spacial score (nSPS) is 13.0. The summed E-state index contributed by atoms with van der Waals surface area (Å²) in [4.78, 5) is 84.9.